The maximum atomic E-state index is 12.1. The molecule has 0 saturated heterocycles. The molecular formula is C15H19NO3S. The minimum Gasteiger partial charge on any atom is -0.497 e. The van der Waals surface area contributed by atoms with Crippen molar-refractivity contribution in [3.8, 4) is 5.75 Å². The third-order valence-electron chi connectivity index (χ3n) is 2.79. The van der Waals surface area contributed by atoms with E-state index in [9.17, 15) is 4.79 Å². The van der Waals surface area contributed by atoms with Crippen molar-refractivity contribution in [3.63, 3.8) is 0 Å². The molecule has 5 heteroatoms. The number of rotatable bonds is 5. The molecule has 0 aliphatic carbocycles. The van der Waals surface area contributed by atoms with Crippen LogP contribution in [0.1, 0.15) is 31.3 Å². The molecule has 0 atom stereocenters. The molecule has 0 fully saturated rings. The van der Waals surface area contributed by atoms with Gasteiger partial charge in [0.25, 0.3) is 0 Å². The number of fused-ring (bicyclic) bond motifs is 1. The second-order valence-corrected chi connectivity index (χ2v) is 6.21. The number of ether oxygens (including phenoxy) is 2. The molecule has 4 nitrogen and oxygen atoms in total. The van der Waals surface area contributed by atoms with Gasteiger partial charge in [-0.05, 0) is 25.1 Å². The summed E-state index contributed by atoms with van der Waals surface area (Å²) in [7, 11) is 1.63. The van der Waals surface area contributed by atoms with Crippen molar-refractivity contribution in [3.05, 3.63) is 23.9 Å². The Morgan fingerprint density at radius 3 is 2.75 bits per heavy atom. The fourth-order valence-corrected chi connectivity index (χ4v) is 3.00. The van der Waals surface area contributed by atoms with E-state index in [0.29, 0.717) is 17.6 Å². The first kappa shape index (κ1) is 14.8. The molecule has 0 radical (unpaired) electrons. The van der Waals surface area contributed by atoms with E-state index in [1.807, 2.05) is 18.2 Å². The average Bonchev–Trinajstić information content (AvgIpc) is 2.76. The molecule has 1 N–H and O–H groups in total. The van der Waals surface area contributed by atoms with Crippen molar-refractivity contribution in [1.29, 1.82) is 0 Å². The lowest BCUT2D eigenvalue weighted by Gasteiger charge is -2.07. The van der Waals surface area contributed by atoms with Gasteiger partial charge in [-0.2, -0.15) is 0 Å². The molecule has 0 unspecified atom stereocenters. The average molecular weight is 293 g/mol. The van der Waals surface area contributed by atoms with Gasteiger partial charge in [0, 0.05) is 21.0 Å². The normalized spacial score (nSPS) is 11.1. The number of methoxy groups -OCH3 is 1. The lowest BCUT2D eigenvalue weighted by molar-refractivity contribution is 0.0516. The van der Waals surface area contributed by atoms with Gasteiger partial charge in [-0.25, -0.2) is 4.79 Å². The molecule has 108 valence electrons. The number of thioether (sulfide) groups is 1. The summed E-state index contributed by atoms with van der Waals surface area (Å²) >= 11 is 1.65. The second kappa shape index (κ2) is 6.22. The van der Waals surface area contributed by atoms with Crippen LogP contribution in [-0.2, 0) is 4.74 Å². The minimum atomic E-state index is -0.314. The lowest BCUT2D eigenvalue weighted by atomic mass is 10.2. The van der Waals surface area contributed by atoms with E-state index in [-0.39, 0.29) is 5.97 Å². The summed E-state index contributed by atoms with van der Waals surface area (Å²) in [5.41, 5.74) is 1.44. The van der Waals surface area contributed by atoms with Crippen molar-refractivity contribution < 1.29 is 14.3 Å². The van der Waals surface area contributed by atoms with E-state index in [2.05, 4.69) is 18.8 Å². The van der Waals surface area contributed by atoms with Crippen LogP contribution < -0.4 is 4.74 Å². The number of benzene rings is 1. The van der Waals surface area contributed by atoms with Gasteiger partial charge >= 0.3 is 5.97 Å². The van der Waals surface area contributed by atoms with E-state index < -0.39 is 0 Å². The topological polar surface area (TPSA) is 51.3 Å². The highest BCUT2D eigenvalue weighted by Crippen LogP contribution is 2.36. The van der Waals surface area contributed by atoms with Crippen LogP contribution in [0, 0.1) is 0 Å². The van der Waals surface area contributed by atoms with Crippen molar-refractivity contribution in [1.82, 2.24) is 4.98 Å². The summed E-state index contributed by atoms with van der Waals surface area (Å²) in [4.78, 5) is 16.2. The zero-order valence-corrected chi connectivity index (χ0v) is 13.0. The Labute approximate surface area is 122 Å². The van der Waals surface area contributed by atoms with Crippen LogP contribution in [-0.4, -0.2) is 29.9 Å². The molecule has 0 aliphatic heterocycles. The van der Waals surface area contributed by atoms with Gasteiger partial charge in [-0.3, -0.25) is 0 Å². The van der Waals surface area contributed by atoms with Crippen molar-refractivity contribution in [2.24, 2.45) is 0 Å². The smallest absolute Gasteiger partial charge is 0.355 e. The number of esters is 1. The SMILES string of the molecule is CCOC(=O)c1[nH]c2ccc(OC)cc2c1SC(C)C. The van der Waals surface area contributed by atoms with Crippen LogP contribution in [0.15, 0.2) is 23.1 Å². The van der Waals surface area contributed by atoms with E-state index in [1.54, 1.807) is 25.8 Å². The zero-order chi connectivity index (χ0) is 14.7. The van der Waals surface area contributed by atoms with Crippen LogP contribution in [0.25, 0.3) is 10.9 Å². The Morgan fingerprint density at radius 2 is 2.15 bits per heavy atom. The van der Waals surface area contributed by atoms with Crippen LogP contribution in [0.2, 0.25) is 0 Å². The summed E-state index contributed by atoms with van der Waals surface area (Å²) < 4.78 is 10.4. The Bertz CT molecular complexity index is 619. The molecule has 0 saturated carbocycles. The predicted molar refractivity (Wildman–Crippen MR) is 81.8 cm³/mol. The Kier molecular flexibility index (Phi) is 4.60. The fraction of sp³-hybridized carbons (Fsp3) is 0.400. The predicted octanol–water partition coefficient (Wildman–Crippen LogP) is 3.85. The molecule has 0 amide bonds. The van der Waals surface area contributed by atoms with Gasteiger partial charge in [-0.1, -0.05) is 13.8 Å². The Morgan fingerprint density at radius 1 is 1.40 bits per heavy atom. The Hall–Kier alpha value is -1.62. The zero-order valence-electron chi connectivity index (χ0n) is 12.1. The van der Waals surface area contributed by atoms with E-state index in [1.165, 1.54) is 0 Å². The molecule has 2 rings (SSSR count). The largest absolute Gasteiger partial charge is 0.497 e. The summed E-state index contributed by atoms with van der Waals surface area (Å²) in [5.74, 6) is 0.461. The highest BCUT2D eigenvalue weighted by Gasteiger charge is 2.20. The van der Waals surface area contributed by atoms with Crippen LogP contribution in [0.4, 0.5) is 0 Å². The first-order valence-electron chi connectivity index (χ1n) is 6.60. The number of hydrogen-bond donors (Lipinski definition) is 1. The third kappa shape index (κ3) is 2.93. The van der Waals surface area contributed by atoms with Gasteiger partial charge in [0.1, 0.15) is 11.4 Å². The maximum absolute atomic E-state index is 12.1. The number of nitrogens with one attached hydrogen (secondary N) is 1. The highest BCUT2D eigenvalue weighted by atomic mass is 32.2. The van der Waals surface area contributed by atoms with Gasteiger partial charge in [-0.15, -0.1) is 11.8 Å². The molecule has 20 heavy (non-hydrogen) atoms. The quantitative estimate of drug-likeness (QED) is 0.672. The van der Waals surface area contributed by atoms with Gasteiger partial charge < -0.3 is 14.5 Å². The summed E-state index contributed by atoms with van der Waals surface area (Å²) in [6.45, 7) is 6.36. The van der Waals surface area contributed by atoms with Gasteiger partial charge in [0.15, 0.2) is 0 Å². The Balaban J connectivity index is 2.57. The highest BCUT2D eigenvalue weighted by molar-refractivity contribution is 8.00. The number of aromatic amines is 1. The number of carbonyl (C=O) groups is 1. The van der Waals surface area contributed by atoms with Crippen LogP contribution >= 0.6 is 11.8 Å². The fourth-order valence-electron chi connectivity index (χ4n) is 1.98. The molecule has 1 aromatic heterocycles. The minimum absolute atomic E-state index is 0.314. The number of aromatic nitrogens is 1. The van der Waals surface area contributed by atoms with E-state index in [4.69, 9.17) is 9.47 Å². The van der Waals surface area contributed by atoms with Crippen molar-refractivity contribution in [2.45, 2.75) is 30.9 Å². The molecule has 0 aliphatic rings. The first-order chi connectivity index (χ1) is 9.56. The van der Waals surface area contributed by atoms with Gasteiger partial charge in [0.05, 0.1) is 13.7 Å². The van der Waals surface area contributed by atoms with Crippen molar-refractivity contribution in [2.75, 3.05) is 13.7 Å². The van der Waals surface area contributed by atoms with E-state index in [0.717, 1.165) is 21.5 Å². The summed E-state index contributed by atoms with van der Waals surface area (Å²) in [6, 6.07) is 5.73. The molecule has 2 aromatic rings. The van der Waals surface area contributed by atoms with Gasteiger partial charge in [0.2, 0.25) is 0 Å². The maximum Gasteiger partial charge on any atom is 0.355 e. The summed E-state index contributed by atoms with van der Waals surface area (Å²) in [6.07, 6.45) is 0. The molecular weight excluding hydrogens is 274 g/mol. The molecule has 1 aromatic carbocycles. The number of carbonyl (C=O) groups excluding carboxylic acids is 1. The first-order valence-corrected chi connectivity index (χ1v) is 7.48. The second-order valence-electron chi connectivity index (χ2n) is 4.63. The van der Waals surface area contributed by atoms with Crippen molar-refractivity contribution >= 4 is 28.6 Å². The molecule has 0 bridgehead atoms. The number of H-pyrrole nitrogens is 1. The number of hydrogen-bond acceptors (Lipinski definition) is 4. The molecule has 0 spiro atoms. The molecule has 1 heterocycles. The van der Waals surface area contributed by atoms with Crippen LogP contribution in [0.5, 0.6) is 5.75 Å². The summed E-state index contributed by atoms with van der Waals surface area (Å²) in [5, 5.41) is 1.36. The standard InChI is InChI=1S/C15H19NO3S/c1-5-19-15(17)13-14(20-9(2)3)11-8-10(18-4)6-7-12(11)16-13/h6-9,16H,5H2,1-4H3. The van der Waals surface area contributed by atoms with Crippen LogP contribution in [0.3, 0.4) is 0 Å². The third-order valence-corrected chi connectivity index (χ3v) is 3.92. The monoisotopic (exact) mass is 293 g/mol. The lowest BCUT2D eigenvalue weighted by Crippen LogP contribution is -2.06. The van der Waals surface area contributed by atoms with E-state index >= 15 is 0 Å².